The minimum absolute atomic E-state index is 0.0403. The van der Waals surface area contributed by atoms with E-state index in [1.165, 1.54) is 12.3 Å². The van der Waals surface area contributed by atoms with Crippen molar-refractivity contribution >= 4 is 17.3 Å². The number of nitrogens with one attached hydrogen (secondary N) is 1. The number of carbonyl (C=O) groups excluding carboxylic acids is 2. The van der Waals surface area contributed by atoms with E-state index in [2.05, 4.69) is 28.2 Å². The van der Waals surface area contributed by atoms with Gasteiger partial charge in [-0.1, -0.05) is 6.58 Å². The van der Waals surface area contributed by atoms with Crippen molar-refractivity contribution in [2.75, 3.05) is 20.2 Å². The lowest BCUT2D eigenvalue weighted by Crippen LogP contribution is -2.45. The first-order valence-electron chi connectivity index (χ1n) is 12.7. The molecule has 4 heterocycles. The number of fused-ring (bicyclic) bond motifs is 1. The fourth-order valence-electron chi connectivity index (χ4n) is 5.52. The molecule has 192 valence electrons. The third-order valence-corrected chi connectivity index (χ3v) is 7.61. The number of methoxy groups -OCH3 is 1. The van der Waals surface area contributed by atoms with Crippen LogP contribution in [-0.4, -0.2) is 62.3 Å². The van der Waals surface area contributed by atoms with Crippen molar-refractivity contribution in [1.29, 1.82) is 5.26 Å². The summed E-state index contributed by atoms with van der Waals surface area (Å²) in [5.74, 6) is 0.721. The van der Waals surface area contributed by atoms with E-state index >= 15 is 0 Å². The van der Waals surface area contributed by atoms with Crippen LogP contribution in [0.3, 0.4) is 0 Å². The van der Waals surface area contributed by atoms with Gasteiger partial charge in [-0.25, -0.2) is 4.52 Å². The molecule has 5 rings (SSSR count). The zero-order valence-corrected chi connectivity index (χ0v) is 21.0. The number of aromatic nitrogens is 4. The molecule has 0 unspecified atom stereocenters. The number of hydrogen-bond donors (Lipinski definition) is 1. The number of rotatable bonds is 6. The lowest BCUT2D eigenvalue weighted by molar-refractivity contribution is -0.138. The number of ether oxygens (including phenoxy) is 1. The monoisotopic (exact) mass is 501 g/mol. The zero-order chi connectivity index (χ0) is 25.9. The topological polar surface area (TPSA) is 118 Å². The van der Waals surface area contributed by atoms with E-state index in [0.29, 0.717) is 16.8 Å². The molecule has 3 aromatic rings. The van der Waals surface area contributed by atoms with Crippen molar-refractivity contribution in [3.05, 3.63) is 49.1 Å². The number of likely N-dealkylation sites (tertiary alicyclic amines) is 1. The van der Waals surface area contributed by atoms with E-state index in [1.54, 1.807) is 11.6 Å². The molecule has 1 aliphatic heterocycles. The van der Waals surface area contributed by atoms with Gasteiger partial charge in [-0.3, -0.25) is 14.3 Å². The Balaban J connectivity index is 1.19. The Labute approximate surface area is 215 Å². The highest BCUT2D eigenvalue weighted by atomic mass is 16.5. The Kier molecular flexibility index (Phi) is 6.95. The Morgan fingerprint density at radius 2 is 1.86 bits per heavy atom. The van der Waals surface area contributed by atoms with Crippen molar-refractivity contribution in [1.82, 2.24) is 29.6 Å². The second-order valence-corrected chi connectivity index (χ2v) is 9.79. The van der Waals surface area contributed by atoms with E-state index in [4.69, 9.17) is 4.74 Å². The van der Waals surface area contributed by atoms with Gasteiger partial charge in [-0.2, -0.15) is 15.5 Å². The first kappa shape index (κ1) is 24.6. The standard InChI is InChI=1S/C27H31N7O3/c1-3-25(35)31-22-6-4-18(5-7-22)27(36)32-10-8-23(9-11-32)33-17-21(15-29-33)19-12-24(37-2)26-20(13-28)14-30-34(26)16-19/h3,12,14-18,22-23H,1,4-11H2,2H3,(H,31,35). The summed E-state index contributed by atoms with van der Waals surface area (Å²) in [5, 5.41) is 21.2. The number of carbonyl (C=O) groups is 2. The van der Waals surface area contributed by atoms with Gasteiger partial charge in [0, 0.05) is 48.6 Å². The van der Waals surface area contributed by atoms with Crippen molar-refractivity contribution < 1.29 is 14.3 Å². The summed E-state index contributed by atoms with van der Waals surface area (Å²) in [6.45, 7) is 4.94. The lowest BCUT2D eigenvalue weighted by atomic mass is 9.84. The fourth-order valence-corrected chi connectivity index (χ4v) is 5.52. The number of piperidine rings is 1. The number of amides is 2. The van der Waals surface area contributed by atoms with Crippen molar-refractivity contribution in [2.45, 2.75) is 50.6 Å². The van der Waals surface area contributed by atoms with Gasteiger partial charge >= 0.3 is 0 Å². The van der Waals surface area contributed by atoms with Crippen LogP contribution < -0.4 is 10.1 Å². The molecule has 1 saturated carbocycles. The predicted molar refractivity (Wildman–Crippen MR) is 137 cm³/mol. The Bertz CT molecular complexity index is 1350. The molecule has 10 heteroatoms. The largest absolute Gasteiger partial charge is 0.494 e. The molecule has 1 saturated heterocycles. The normalized spacial score (nSPS) is 20.4. The fraction of sp³-hybridized carbons (Fsp3) is 0.444. The molecule has 10 nitrogen and oxygen atoms in total. The van der Waals surface area contributed by atoms with Crippen LogP contribution in [0.15, 0.2) is 43.5 Å². The molecular formula is C27H31N7O3. The molecular weight excluding hydrogens is 470 g/mol. The Morgan fingerprint density at radius 1 is 1.11 bits per heavy atom. The molecule has 2 aliphatic rings. The summed E-state index contributed by atoms with van der Waals surface area (Å²) >= 11 is 0. The molecule has 37 heavy (non-hydrogen) atoms. The van der Waals surface area contributed by atoms with Crippen LogP contribution in [0.5, 0.6) is 5.75 Å². The van der Waals surface area contributed by atoms with Gasteiger partial charge in [0.1, 0.15) is 22.9 Å². The molecule has 1 aliphatic carbocycles. The third-order valence-electron chi connectivity index (χ3n) is 7.61. The molecule has 0 atom stereocenters. The van der Waals surface area contributed by atoms with Gasteiger partial charge in [0.15, 0.2) is 0 Å². The van der Waals surface area contributed by atoms with Gasteiger partial charge in [-0.15, -0.1) is 0 Å². The second-order valence-electron chi connectivity index (χ2n) is 9.79. The molecule has 3 aromatic heterocycles. The third kappa shape index (κ3) is 4.94. The number of hydrogen-bond acceptors (Lipinski definition) is 6. The second kappa shape index (κ2) is 10.5. The van der Waals surface area contributed by atoms with Crippen molar-refractivity contribution in [3.8, 4) is 22.9 Å². The van der Waals surface area contributed by atoms with E-state index in [1.807, 2.05) is 34.2 Å². The van der Waals surface area contributed by atoms with E-state index < -0.39 is 0 Å². The first-order valence-corrected chi connectivity index (χ1v) is 12.7. The van der Waals surface area contributed by atoms with Crippen LogP contribution in [0.1, 0.15) is 50.1 Å². The summed E-state index contributed by atoms with van der Waals surface area (Å²) < 4.78 is 9.18. The SMILES string of the molecule is C=CC(=O)NC1CCC(C(=O)N2CCC(n3cc(-c4cc(OC)c5c(C#N)cnn5c4)cn3)CC2)CC1. The molecule has 0 aromatic carbocycles. The quantitative estimate of drug-likeness (QED) is 0.519. The lowest BCUT2D eigenvalue weighted by Gasteiger charge is -2.36. The molecule has 0 radical (unpaired) electrons. The highest BCUT2D eigenvalue weighted by Crippen LogP contribution is 2.32. The van der Waals surface area contributed by atoms with Crippen LogP contribution in [0.4, 0.5) is 0 Å². The number of nitrogens with zero attached hydrogens (tertiary/aromatic N) is 6. The number of pyridine rings is 1. The molecule has 1 N–H and O–H groups in total. The van der Waals surface area contributed by atoms with E-state index in [9.17, 15) is 14.9 Å². The van der Waals surface area contributed by atoms with Crippen LogP contribution in [0.25, 0.3) is 16.6 Å². The van der Waals surface area contributed by atoms with Gasteiger partial charge in [-0.05, 0) is 50.7 Å². The summed E-state index contributed by atoms with van der Waals surface area (Å²) in [5.41, 5.74) is 2.95. The average Bonchev–Trinajstić information content (AvgIpc) is 3.60. The Hall–Kier alpha value is -4.13. The summed E-state index contributed by atoms with van der Waals surface area (Å²) in [4.78, 5) is 26.7. The van der Waals surface area contributed by atoms with Gasteiger partial charge in [0.2, 0.25) is 11.8 Å². The smallest absolute Gasteiger partial charge is 0.243 e. The van der Waals surface area contributed by atoms with Crippen LogP contribution >= 0.6 is 0 Å². The molecule has 2 amide bonds. The molecule has 0 bridgehead atoms. The summed E-state index contributed by atoms with van der Waals surface area (Å²) in [7, 11) is 1.58. The molecule has 0 spiro atoms. The highest BCUT2D eigenvalue weighted by molar-refractivity contribution is 5.87. The van der Waals surface area contributed by atoms with Crippen LogP contribution in [-0.2, 0) is 9.59 Å². The minimum Gasteiger partial charge on any atom is -0.494 e. The maximum Gasteiger partial charge on any atom is 0.243 e. The minimum atomic E-state index is -0.146. The summed E-state index contributed by atoms with van der Waals surface area (Å²) in [6.07, 6.45) is 13.5. The maximum absolute atomic E-state index is 13.1. The predicted octanol–water partition coefficient (Wildman–Crippen LogP) is 3.10. The van der Waals surface area contributed by atoms with Gasteiger partial charge in [0.25, 0.3) is 0 Å². The molecule has 2 fully saturated rings. The first-order chi connectivity index (χ1) is 18.0. The van der Waals surface area contributed by atoms with Crippen molar-refractivity contribution in [2.24, 2.45) is 5.92 Å². The van der Waals surface area contributed by atoms with Crippen LogP contribution in [0, 0.1) is 17.2 Å². The number of nitriles is 1. The van der Waals surface area contributed by atoms with Gasteiger partial charge < -0.3 is 15.0 Å². The van der Waals surface area contributed by atoms with E-state index in [-0.39, 0.29) is 29.8 Å². The maximum atomic E-state index is 13.1. The Morgan fingerprint density at radius 3 is 2.54 bits per heavy atom. The van der Waals surface area contributed by atoms with Crippen molar-refractivity contribution in [3.63, 3.8) is 0 Å². The van der Waals surface area contributed by atoms with E-state index in [0.717, 1.165) is 62.7 Å². The zero-order valence-electron chi connectivity index (χ0n) is 21.0. The highest BCUT2D eigenvalue weighted by Gasteiger charge is 2.32. The average molecular weight is 502 g/mol. The van der Waals surface area contributed by atoms with Crippen LogP contribution in [0.2, 0.25) is 0 Å². The van der Waals surface area contributed by atoms with Gasteiger partial charge in [0.05, 0.1) is 25.5 Å². The summed E-state index contributed by atoms with van der Waals surface area (Å²) in [6, 6.07) is 4.41.